The maximum Gasteiger partial charge on any atom is -0.0116 e. The van der Waals surface area contributed by atoms with Gasteiger partial charge in [-0.25, -0.2) is 0 Å². The first-order valence-electron chi connectivity index (χ1n) is 19.1. The van der Waals surface area contributed by atoms with Crippen LogP contribution in [0.4, 0.5) is 0 Å². The summed E-state index contributed by atoms with van der Waals surface area (Å²) in [5.74, 6) is 0. The van der Waals surface area contributed by atoms with Gasteiger partial charge < -0.3 is 0 Å². The van der Waals surface area contributed by atoms with Gasteiger partial charge in [-0.3, -0.25) is 0 Å². The molecule has 0 amide bonds. The molecule has 0 saturated heterocycles. The third kappa shape index (κ3) is 10.0. The predicted octanol–water partition coefficient (Wildman–Crippen LogP) is 12.1. The van der Waals surface area contributed by atoms with Gasteiger partial charge >= 0.3 is 0 Å². The summed E-state index contributed by atoms with van der Waals surface area (Å²) in [6.07, 6.45) is 22.6. The van der Waals surface area contributed by atoms with Crippen molar-refractivity contribution < 1.29 is 0 Å². The number of aryl methyl sites for hydroxylation is 3. The molecule has 0 aliphatic heterocycles. The maximum atomic E-state index is 2.62. The van der Waals surface area contributed by atoms with E-state index in [1.807, 2.05) is 0 Å². The van der Waals surface area contributed by atoms with Gasteiger partial charge in [0.25, 0.3) is 0 Å². The molecule has 1 heteroatoms. The van der Waals surface area contributed by atoms with Crippen molar-refractivity contribution in [3.63, 3.8) is 0 Å². The van der Waals surface area contributed by atoms with Crippen LogP contribution in [0.3, 0.4) is 0 Å². The first kappa shape index (κ1) is 37.5. The summed E-state index contributed by atoms with van der Waals surface area (Å²) >= 11 is 0. The van der Waals surface area contributed by atoms with Gasteiger partial charge in [-0.2, -0.15) is 0 Å². The molecule has 0 aliphatic carbocycles. The SMILES string of the molecule is CCCCc1ccc(P(c2cccc(C)c2C)c2ccc(CCCC)c(CCCC)c2CCCC)c(CCCC)c1CCCC. The van der Waals surface area contributed by atoms with Crippen molar-refractivity contribution in [1.29, 1.82) is 0 Å². The van der Waals surface area contributed by atoms with Gasteiger partial charge in [0.1, 0.15) is 0 Å². The number of hydrogen-bond donors (Lipinski definition) is 0. The molecule has 0 saturated carbocycles. The summed E-state index contributed by atoms with van der Waals surface area (Å²) in [6.45, 7) is 18.9. The van der Waals surface area contributed by atoms with Gasteiger partial charge in [0, 0.05) is 0 Å². The van der Waals surface area contributed by atoms with Crippen molar-refractivity contribution >= 4 is 23.8 Å². The normalized spacial score (nSPS) is 11.6. The molecule has 0 fully saturated rings. The van der Waals surface area contributed by atoms with E-state index in [2.05, 4.69) is 97.9 Å². The van der Waals surface area contributed by atoms with E-state index in [1.165, 1.54) is 127 Å². The summed E-state index contributed by atoms with van der Waals surface area (Å²) in [5.41, 5.74) is 13.1. The van der Waals surface area contributed by atoms with Crippen LogP contribution < -0.4 is 15.9 Å². The molecule has 3 rings (SSSR count). The standard InChI is InChI=1S/C44H67P/c1-9-15-23-36-30-32-43(40(27-19-13-5)38(36)25-17-11-3)45(42-29-21-22-34(7)35(42)8)44-33-31-37(24-16-10-2)39(26-18-12-4)41(44)28-20-14-6/h21-22,29-33H,9-20,23-28H2,1-8H3. The Balaban J connectivity index is 2.45. The van der Waals surface area contributed by atoms with E-state index >= 15 is 0 Å². The highest BCUT2D eigenvalue weighted by atomic mass is 31.1. The molecular weight excluding hydrogens is 559 g/mol. The monoisotopic (exact) mass is 626 g/mol. The van der Waals surface area contributed by atoms with E-state index in [0.29, 0.717) is 0 Å². The highest BCUT2D eigenvalue weighted by Crippen LogP contribution is 2.41. The topological polar surface area (TPSA) is 0 Å². The van der Waals surface area contributed by atoms with Crippen LogP contribution in [0.15, 0.2) is 42.5 Å². The van der Waals surface area contributed by atoms with Gasteiger partial charge in [0.05, 0.1) is 0 Å². The van der Waals surface area contributed by atoms with Crippen LogP contribution in [0.2, 0.25) is 0 Å². The largest absolute Gasteiger partial charge is 0.0654 e. The molecule has 45 heavy (non-hydrogen) atoms. The van der Waals surface area contributed by atoms with Crippen LogP contribution in [0.1, 0.15) is 163 Å². The predicted molar refractivity (Wildman–Crippen MR) is 206 cm³/mol. The molecule has 3 aromatic rings. The quantitative estimate of drug-likeness (QED) is 0.103. The lowest BCUT2D eigenvalue weighted by atomic mass is 9.90. The number of hydrogen-bond acceptors (Lipinski definition) is 0. The molecule has 0 radical (unpaired) electrons. The van der Waals surface area contributed by atoms with E-state index < -0.39 is 7.92 Å². The van der Waals surface area contributed by atoms with E-state index in [-0.39, 0.29) is 0 Å². The minimum Gasteiger partial charge on any atom is -0.0654 e. The molecule has 0 nitrogen and oxygen atoms in total. The van der Waals surface area contributed by atoms with Crippen LogP contribution in [0.25, 0.3) is 0 Å². The van der Waals surface area contributed by atoms with E-state index in [4.69, 9.17) is 0 Å². The minimum absolute atomic E-state index is 0.671. The molecule has 0 aromatic heterocycles. The third-order valence-electron chi connectivity index (χ3n) is 10.0. The Bertz CT molecular complexity index is 1220. The van der Waals surface area contributed by atoms with E-state index in [9.17, 15) is 0 Å². The highest BCUT2D eigenvalue weighted by molar-refractivity contribution is 7.80. The Labute approximate surface area is 281 Å². The second-order valence-corrected chi connectivity index (χ2v) is 15.7. The second-order valence-electron chi connectivity index (χ2n) is 13.6. The first-order chi connectivity index (χ1) is 22.0. The molecule has 248 valence electrons. The smallest absolute Gasteiger partial charge is 0.0116 e. The fourth-order valence-corrected chi connectivity index (χ4v) is 10.0. The molecule has 0 N–H and O–H groups in total. The third-order valence-corrected chi connectivity index (χ3v) is 12.8. The fraction of sp³-hybridized carbons (Fsp3) is 0.591. The summed E-state index contributed by atoms with van der Waals surface area (Å²) < 4.78 is 0. The van der Waals surface area contributed by atoms with Gasteiger partial charge in [-0.1, -0.05) is 123 Å². The highest BCUT2D eigenvalue weighted by Gasteiger charge is 2.28. The van der Waals surface area contributed by atoms with E-state index in [1.54, 1.807) is 49.3 Å². The zero-order valence-corrected chi connectivity index (χ0v) is 31.6. The Kier molecular flexibility index (Phi) is 17.0. The first-order valence-corrected chi connectivity index (χ1v) is 20.4. The molecule has 0 aliphatic rings. The molecule has 0 spiro atoms. The van der Waals surface area contributed by atoms with Crippen LogP contribution >= 0.6 is 7.92 Å². The maximum absolute atomic E-state index is 2.62. The molecular formula is C44H67P. The second kappa shape index (κ2) is 20.4. The van der Waals surface area contributed by atoms with Crippen molar-refractivity contribution in [2.45, 2.75) is 171 Å². The van der Waals surface area contributed by atoms with Gasteiger partial charge in [-0.05, 0) is 159 Å². The van der Waals surface area contributed by atoms with Crippen molar-refractivity contribution in [3.05, 3.63) is 87.0 Å². The lowest BCUT2D eigenvalue weighted by Gasteiger charge is -2.30. The van der Waals surface area contributed by atoms with Crippen LogP contribution in [-0.2, 0) is 38.5 Å². The van der Waals surface area contributed by atoms with Gasteiger partial charge in [0.2, 0.25) is 0 Å². The van der Waals surface area contributed by atoms with Gasteiger partial charge in [-0.15, -0.1) is 0 Å². The Morgan fingerprint density at radius 1 is 0.400 bits per heavy atom. The van der Waals surface area contributed by atoms with Crippen molar-refractivity contribution in [1.82, 2.24) is 0 Å². The summed E-state index contributed by atoms with van der Waals surface area (Å²) in [5, 5.41) is 4.92. The van der Waals surface area contributed by atoms with Crippen LogP contribution in [0.5, 0.6) is 0 Å². The number of benzene rings is 3. The average molecular weight is 627 g/mol. The molecule has 0 heterocycles. The Morgan fingerprint density at radius 2 is 0.778 bits per heavy atom. The molecule has 0 bridgehead atoms. The zero-order valence-electron chi connectivity index (χ0n) is 30.7. The number of rotatable bonds is 21. The summed E-state index contributed by atoms with van der Waals surface area (Å²) in [6, 6.07) is 17.6. The molecule has 0 unspecified atom stereocenters. The molecule has 3 aromatic carbocycles. The van der Waals surface area contributed by atoms with Crippen molar-refractivity contribution in [2.75, 3.05) is 0 Å². The van der Waals surface area contributed by atoms with Gasteiger partial charge in [0.15, 0.2) is 0 Å². The van der Waals surface area contributed by atoms with Crippen LogP contribution in [-0.4, -0.2) is 0 Å². The molecule has 0 atom stereocenters. The van der Waals surface area contributed by atoms with Crippen molar-refractivity contribution in [3.8, 4) is 0 Å². The average Bonchev–Trinajstić information content (AvgIpc) is 3.05. The lowest BCUT2D eigenvalue weighted by molar-refractivity contribution is 0.736. The van der Waals surface area contributed by atoms with Crippen LogP contribution in [0, 0.1) is 13.8 Å². The number of unbranched alkanes of at least 4 members (excludes halogenated alkanes) is 6. The lowest BCUT2D eigenvalue weighted by Crippen LogP contribution is -2.30. The zero-order chi connectivity index (χ0) is 32.6. The summed E-state index contributed by atoms with van der Waals surface area (Å²) in [4.78, 5) is 0. The minimum atomic E-state index is -0.671. The summed E-state index contributed by atoms with van der Waals surface area (Å²) in [7, 11) is -0.671. The van der Waals surface area contributed by atoms with E-state index in [0.717, 1.165) is 0 Å². The Hall–Kier alpha value is -1.91. The Morgan fingerprint density at radius 3 is 1.18 bits per heavy atom. The van der Waals surface area contributed by atoms with Crippen molar-refractivity contribution in [2.24, 2.45) is 0 Å². The fourth-order valence-electron chi connectivity index (χ4n) is 7.04.